The molecule has 1 heteroatoms. The normalized spacial score (nSPS) is 36.3. The molecule has 0 aromatic rings. The maximum Gasteiger partial charge on any atom is 0.0275 e. The van der Waals surface area contributed by atoms with E-state index in [0.29, 0.717) is 0 Å². The quantitative estimate of drug-likeness (QED) is 0.564. The van der Waals surface area contributed by atoms with E-state index in [9.17, 15) is 0 Å². The van der Waals surface area contributed by atoms with Gasteiger partial charge in [-0.3, -0.25) is 4.90 Å². The Kier molecular flexibility index (Phi) is 2.94. The molecule has 66 valence electrons. The Morgan fingerprint density at radius 3 is 2.36 bits per heavy atom. The maximum absolute atomic E-state index is 2.62. The van der Waals surface area contributed by atoms with Crippen molar-refractivity contribution >= 4 is 0 Å². The highest BCUT2D eigenvalue weighted by atomic mass is 15.3. The van der Waals surface area contributed by atoms with E-state index in [1.807, 2.05) is 0 Å². The first-order valence-electron chi connectivity index (χ1n) is 4.94. The summed E-state index contributed by atoms with van der Waals surface area (Å²) in [6, 6.07) is 1.75. The van der Waals surface area contributed by atoms with Crippen LogP contribution in [0.1, 0.15) is 40.5 Å². The van der Waals surface area contributed by atoms with Crippen LogP contribution >= 0.6 is 0 Å². The third-order valence-corrected chi connectivity index (χ3v) is 2.76. The molecule has 1 saturated heterocycles. The summed E-state index contributed by atoms with van der Waals surface area (Å²) < 4.78 is 0. The van der Waals surface area contributed by atoms with Crippen molar-refractivity contribution in [3.63, 3.8) is 0 Å². The van der Waals surface area contributed by atoms with Gasteiger partial charge in [0.1, 0.15) is 0 Å². The van der Waals surface area contributed by atoms with Crippen molar-refractivity contribution < 1.29 is 0 Å². The number of hydrogen-bond acceptors (Lipinski definition) is 1. The van der Waals surface area contributed by atoms with Crippen LogP contribution in [0.25, 0.3) is 0 Å². The molecule has 1 rings (SSSR count). The summed E-state index contributed by atoms with van der Waals surface area (Å²) in [5, 5.41) is 0. The molecular formula is C10H21N. The standard InChI is InChI=1S/C10H21N/c1-5-6-7-11-9(4)10(11)8(2)3/h8-10H,5-7H2,1-4H3/t9-,10+,11?/m0/s1. The third kappa shape index (κ3) is 1.96. The lowest BCUT2D eigenvalue weighted by molar-refractivity contribution is 0.426. The van der Waals surface area contributed by atoms with E-state index in [0.717, 1.165) is 18.0 Å². The van der Waals surface area contributed by atoms with E-state index in [-0.39, 0.29) is 0 Å². The van der Waals surface area contributed by atoms with Crippen molar-refractivity contribution in [3.05, 3.63) is 0 Å². The van der Waals surface area contributed by atoms with E-state index in [2.05, 4.69) is 32.6 Å². The van der Waals surface area contributed by atoms with E-state index < -0.39 is 0 Å². The molecule has 0 N–H and O–H groups in total. The van der Waals surface area contributed by atoms with Gasteiger partial charge in [0.05, 0.1) is 0 Å². The third-order valence-electron chi connectivity index (χ3n) is 2.76. The highest BCUT2D eigenvalue weighted by molar-refractivity contribution is 5.00. The van der Waals surface area contributed by atoms with Gasteiger partial charge in [0.25, 0.3) is 0 Å². The second-order valence-corrected chi connectivity index (χ2v) is 4.07. The van der Waals surface area contributed by atoms with E-state index in [1.54, 1.807) is 0 Å². The first-order valence-corrected chi connectivity index (χ1v) is 4.94. The Balaban J connectivity index is 2.19. The molecule has 1 aliphatic rings. The second kappa shape index (κ2) is 3.57. The molecule has 0 aromatic carbocycles. The molecule has 1 heterocycles. The van der Waals surface area contributed by atoms with Gasteiger partial charge in [-0.2, -0.15) is 0 Å². The molecule has 0 saturated carbocycles. The molecular weight excluding hydrogens is 134 g/mol. The molecule has 0 spiro atoms. The van der Waals surface area contributed by atoms with Gasteiger partial charge in [-0.1, -0.05) is 27.2 Å². The Bertz CT molecular complexity index is 120. The number of hydrogen-bond donors (Lipinski definition) is 0. The zero-order chi connectivity index (χ0) is 8.43. The average molecular weight is 155 g/mol. The molecule has 0 amide bonds. The van der Waals surface area contributed by atoms with Crippen LogP contribution in [0.5, 0.6) is 0 Å². The van der Waals surface area contributed by atoms with Gasteiger partial charge in [-0.15, -0.1) is 0 Å². The van der Waals surface area contributed by atoms with E-state index >= 15 is 0 Å². The van der Waals surface area contributed by atoms with Gasteiger partial charge in [0, 0.05) is 12.1 Å². The van der Waals surface area contributed by atoms with Crippen LogP contribution in [0.4, 0.5) is 0 Å². The summed E-state index contributed by atoms with van der Waals surface area (Å²) in [7, 11) is 0. The lowest BCUT2D eigenvalue weighted by Gasteiger charge is -2.03. The molecule has 1 aliphatic heterocycles. The zero-order valence-electron chi connectivity index (χ0n) is 8.30. The number of rotatable bonds is 4. The fourth-order valence-electron chi connectivity index (χ4n) is 2.07. The van der Waals surface area contributed by atoms with Crippen LogP contribution in [0.2, 0.25) is 0 Å². The summed E-state index contributed by atoms with van der Waals surface area (Å²) in [6.45, 7) is 10.6. The molecule has 1 unspecified atom stereocenters. The maximum atomic E-state index is 2.62. The van der Waals surface area contributed by atoms with Crippen LogP contribution in [-0.2, 0) is 0 Å². The van der Waals surface area contributed by atoms with Crippen molar-refractivity contribution in [2.75, 3.05) is 6.54 Å². The molecule has 0 aromatic heterocycles. The highest BCUT2D eigenvalue weighted by Crippen LogP contribution is 2.33. The number of nitrogens with zero attached hydrogens (tertiary/aromatic N) is 1. The molecule has 1 fully saturated rings. The van der Waals surface area contributed by atoms with Gasteiger partial charge in [0.2, 0.25) is 0 Å². The zero-order valence-corrected chi connectivity index (χ0v) is 8.30. The first kappa shape index (κ1) is 9.05. The highest BCUT2D eigenvalue weighted by Gasteiger charge is 2.44. The van der Waals surface area contributed by atoms with Crippen LogP contribution in [0, 0.1) is 5.92 Å². The van der Waals surface area contributed by atoms with Crippen LogP contribution in [-0.4, -0.2) is 23.5 Å². The summed E-state index contributed by atoms with van der Waals surface area (Å²) in [6.07, 6.45) is 2.70. The molecule has 0 aliphatic carbocycles. The topological polar surface area (TPSA) is 3.01 Å². The summed E-state index contributed by atoms with van der Waals surface area (Å²) in [5.41, 5.74) is 0. The average Bonchev–Trinajstić information content (AvgIpc) is 2.57. The fourth-order valence-corrected chi connectivity index (χ4v) is 2.07. The van der Waals surface area contributed by atoms with Crippen molar-refractivity contribution in [2.24, 2.45) is 5.92 Å². The monoisotopic (exact) mass is 155 g/mol. The predicted molar refractivity (Wildman–Crippen MR) is 49.7 cm³/mol. The number of unbranched alkanes of at least 4 members (excludes halogenated alkanes) is 1. The summed E-state index contributed by atoms with van der Waals surface area (Å²) in [5.74, 6) is 0.849. The molecule has 3 atom stereocenters. The fraction of sp³-hybridized carbons (Fsp3) is 1.00. The van der Waals surface area contributed by atoms with Crippen LogP contribution in [0.15, 0.2) is 0 Å². The minimum absolute atomic E-state index is 0.849. The lowest BCUT2D eigenvalue weighted by atomic mass is 10.1. The largest absolute Gasteiger partial charge is 0.294 e. The van der Waals surface area contributed by atoms with Gasteiger partial charge in [-0.05, 0) is 25.8 Å². The minimum atomic E-state index is 0.849. The Hall–Kier alpha value is -0.0400. The molecule has 0 radical (unpaired) electrons. The first-order chi connectivity index (χ1) is 5.18. The minimum Gasteiger partial charge on any atom is -0.294 e. The Morgan fingerprint density at radius 2 is 2.00 bits per heavy atom. The van der Waals surface area contributed by atoms with Gasteiger partial charge < -0.3 is 0 Å². The molecule has 0 bridgehead atoms. The summed E-state index contributed by atoms with van der Waals surface area (Å²) >= 11 is 0. The van der Waals surface area contributed by atoms with E-state index in [4.69, 9.17) is 0 Å². The summed E-state index contributed by atoms with van der Waals surface area (Å²) in [4.78, 5) is 2.62. The SMILES string of the molecule is CCCCN1[C@H](C(C)C)[C@@H]1C. The lowest BCUT2D eigenvalue weighted by Crippen LogP contribution is -2.08. The second-order valence-electron chi connectivity index (χ2n) is 4.07. The predicted octanol–water partition coefficient (Wildman–Crippen LogP) is 2.52. The van der Waals surface area contributed by atoms with Crippen molar-refractivity contribution in [1.82, 2.24) is 4.90 Å². The van der Waals surface area contributed by atoms with Gasteiger partial charge >= 0.3 is 0 Å². The smallest absolute Gasteiger partial charge is 0.0275 e. The Labute approximate surface area is 70.8 Å². The van der Waals surface area contributed by atoms with Gasteiger partial charge in [-0.25, -0.2) is 0 Å². The van der Waals surface area contributed by atoms with Crippen molar-refractivity contribution in [2.45, 2.75) is 52.6 Å². The van der Waals surface area contributed by atoms with Crippen LogP contribution < -0.4 is 0 Å². The van der Waals surface area contributed by atoms with Crippen molar-refractivity contribution in [3.8, 4) is 0 Å². The Morgan fingerprint density at radius 1 is 1.36 bits per heavy atom. The van der Waals surface area contributed by atoms with Gasteiger partial charge in [0.15, 0.2) is 0 Å². The van der Waals surface area contributed by atoms with Crippen LogP contribution in [0.3, 0.4) is 0 Å². The molecule has 11 heavy (non-hydrogen) atoms. The van der Waals surface area contributed by atoms with Crippen molar-refractivity contribution in [1.29, 1.82) is 0 Å². The molecule has 1 nitrogen and oxygen atoms in total. The van der Waals surface area contributed by atoms with E-state index in [1.165, 1.54) is 19.4 Å².